The number of nitrogens with one attached hydrogen (secondary N) is 2. The van der Waals surface area contributed by atoms with E-state index in [1.807, 2.05) is 36.4 Å². The summed E-state index contributed by atoms with van der Waals surface area (Å²) in [7, 11) is 0. The number of nitrogens with zero attached hydrogens (tertiary/aromatic N) is 1. The second-order valence-corrected chi connectivity index (χ2v) is 9.02. The first-order chi connectivity index (χ1) is 16.7. The number of anilines is 1. The Hall–Kier alpha value is -2.83. The molecule has 0 spiro atoms. The Balaban J connectivity index is 1.30. The van der Waals surface area contributed by atoms with Crippen LogP contribution in [-0.2, 0) is 11.2 Å². The molecule has 6 heteroatoms. The number of fused-ring (bicyclic) bond motifs is 1. The van der Waals surface area contributed by atoms with Crippen LogP contribution >= 0.6 is 0 Å². The molecule has 34 heavy (non-hydrogen) atoms. The summed E-state index contributed by atoms with van der Waals surface area (Å²) in [6, 6.07) is 13.4. The van der Waals surface area contributed by atoms with Crippen LogP contribution in [0.2, 0.25) is 0 Å². The van der Waals surface area contributed by atoms with Gasteiger partial charge in [-0.1, -0.05) is 32.6 Å². The molecule has 1 aromatic heterocycles. The van der Waals surface area contributed by atoms with Gasteiger partial charge < -0.3 is 19.8 Å². The van der Waals surface area contributed by atoms with Crippen molar-refractivity contribution in [2.75, 3.05) is 44.8 Å². The van der Waals surface area contributed by atoms with Gasteiger partial charge in [-0.05, 0) is 60.9 Å². The van der Waals surface area contributed by atoms with Crippen molar-refractivity contribution in [3.8, 4) is 5.75 Å². The molecule has 182 valence electrons. The van der Waals surface area contributed by atoms with Gasteiger partial charge in [-0.2, -0.15) is 0 Å². The van der Waals surface area contributed by atoms with Crippen molar-refractivity contribution in [3.05, 3.63) is 59.8 Å². The molecule has 1 amide bonds. The fourth-order valence-corrected chi connectivity index (χ4v) is 4.37. The summed E-state index contributed by atoms with van der Waals surface area (Å²) >= 11 is 0. The van der Waals surface area contributed by atoms with E-state index in [-0.39, 0.29) is 5.91 Å². The third-order valence-electron chi connectivity index (χ3n) is 6.46. The number of rotatable bonds is 12. The van der Waals surface area contributed by atoms with Crippen molar-refractivity contribution < 1.29 is 14.3 Å². The molecule has 1 saturated heterocycles. The van der Waals surface area contributed by atoms with Gasteiger partial charge in [0, 0.05) is 48.0 Å². The molecule has 0 aliphatic carbocycles. The maximum absolute atomic E-state index is 12.8. The highest BCUT2D eigenvalue weighted by Crippen LogP contribution is 2.24. The van der Waals surface area contributed by atoms with Crippen LogP contribution in [0, 0.1) is 0 Å². The zero-order valence-corrected chi connectivity index (χ0v) is 20.3. The molecule has 0 atom stereocenters. The molecule has 1 fully saturated rings. The van der Waals surface area contributed by atoms with Crippen molar-refractivity contribution in [3.63, 3.8) is 0 Å². The predicted molar refractivity (Wildman–Crippen MR) is 138 cm³/mol. The fourth-order valence-electron chi connectivity index (χ4n) is 4.37. The van der Waals surface area contributed by atoms with Crippen molar-refractivity contribution in [1.82, 2.24) is 9.88 Å². The van der Waals surface area contributed by atoms with Crippen molar-refractivity contribution in [1.29, 1.82) is 0 Å². The molecule has 2 N–H and O–H groups in total. The van der Waals surface area contributed by atoms with E-state index in [9.17, 15) is 4.79 Å². The quantitative estimate of drug-likeness (QED) is 0.341. The largest absolute Gasteiger partial charge is 0.494 e. The van der Waals surface area contributed by atoms with Gasteiger partial charge in [0.05, 0.1) is 19.8 Å². The molecule has 0 radical (unpaired) electrons. The van der Waals surface area contributed by atoms with Gasteiger partial charge in [0.25, 0.3) is 5.91 Å². The maximum atomic E-state index is 12.8. The van der Waals surface area contributed by atoms with Crippen LogP contribution in [-0.4, -0.2) is 55.2 Å². The average molecular weight is 464 g/mol. The number of unbranched alkanes of at least 4 members (excludes halogenated alkanes) is 4. The highest BCUT2D eigenvalue weighted by atomic mass is 16.5. The normalized spacial score (nSPS) is 14.4. The maximum Gasteiger partial charge on any atom is 0.255 e. The van der Waals surface area contributed by atoms with E-state index in [0.29, 0.717) is 5.56 Å². The van der Waals surface area contributed by atoms with E-state index in [0.717, 1.165) is 74.6 Å². The Morgan fingerprint density at radius 1 is 1.06 bits per heavy atom. The second-order valence-electron chi connectivity index (χ2n) is 9.02. The van der Waals surface area contributed by atoms with Gasteiger partial charge in [0.15, 0.2) is 0 Å². The van der Waals surface area contributed by atoms with Crippen LogP contribution in [0.15, 0.2) is 48.7 Å². The highest BCUT2D eigenvalue weighted by molar-refractivity contribution is 6.05. The zero-order valence-electron chi connectivity index (χ0n) is 20.3. The minimum absolute atomic E-state index is 0.115. The first-order valence-corrected chi connectivity index (χ1v) is 12.7. The number of carbonyl (C=O) groups is 1. The standard InChI is InChI=1S/C28H37N3O3/c1-2-3-4-5-6-17-34-25-10-7-22(8-11-25)28(32)30-24-9-12-27-26(20-24)23(21-29-27)13-14-31-15-18-33-19-16-31/h7-12,20-21,29H,2-6,13-19H2,1H3,(H,30,32). The van der Waals surface area contributed by atoms with Crippen LogP contribution in [0.4, 0.5) is 5.69 Å². The minimum Gasteiger partial charge on any atom is -0.494 e. The molecule has 0 bridgehead atoms. The van der Waals surface area contributed by atoms with Gasteiger partial charge in [0.2, 0.25) is 0 Å². The van der Waals surface area contributed by atoms with Crippen LogP contribution < -0.4 is 10.1 Å². The third kappa shape index (κ3) is 6.84. The number of H-pyrrole nitrogens is 1. The molecule has 1 aliphatic rings. The lowest BCUT2D eigenvalue weighted by molar-refractivity contribution is 0.0385. The van der Waals surface area contributed by atoms with Crippen LogP contribution in [0.5, 0.6) is 5.75 Å². The third-order valence-corrected chi connectivity index (χ3v) is 6.46. The van der Waals surface area contributed by atoms with Gasteiger partial charge in [-0.3, -0.25) is 9.69 Å². The molecule has 3 aromatic rings. The molecule has 0 saturated carbocycles. The van der Waals surface area contributed by atoms with Gasteiger partial charge in [-0.25, -0.2) is 0 Å². The first-order valence-electron chi connectivity index (χ1n) is 12.7. The molecule has 2 aromatic carbocycles. The van der Waals surface area contributed by atoms with Gasteiger partial charge >= 0.3 is 0 Å². The Kier molecular flexibility index (Phi) is 8.99. The zero-order chi connectivity index (χ0) is 23.6. The number of aromatic nitrogens is 1. The number of hydrogen-bond donors (Lipinski definition) is 2. The summed E-state index contributed by atoms with van der Waals surface area (Å²) in [6.07, 6.45) is 9.13. The highest BCUT2D eigenvalue weighted by Gasteiger charge is 2.13. The number of benzene rings is 2. The Labute approximate surface area is 202 Å². The molecular formula is C28H37N3O3. The summed E-state index contributed by atoms with van der Waals surface area (Å²) in [5.41, 5.74) is 3.79. The number of amides is 1. The van der Waals surface area contributed by atoms with Crippen LogP contribution in [0.25, 0.3) is 10.9 Å². The molecule has 6 nitrogen and oxygen atoms in total. The number of carbonyl (C=O) groups excluding carboxylic acids is 1. The second kappa shape index (κ2) is 12.6. The molecule has 1 aliphatic heterocycles. The SMILES string of the molecule is CCCCCCCOc1ccc(C(=O)Nc2ccc3[nH]cc(CCN4CCOCC4)c3c2)cc1. The van der Waals surface area contributed by atoms with Crippen molar-refractivity contribution in [2.24, 2.45) is 0 Å². The van der Waals surface area contributed by atoms with E-state index in [2.05, 4.69) is 34.4 Å². The molecule has 4 rings (SSSR count). The van der Waals surface area contributed by atoms with E-state index in [4.69, 9.17) is 9.47 Å². The Morgan fingerprint density at radius 3 is 2.65 bits per heavy atom. The van der Waals surface area contributed by atoms with E-state index in [1.165, 1.54) is 31.2 Å². The summed E-state index contributed by atoms with van der Waals surface area (Å²) < 4.78 is 11.3. The number of aromatic amines is 1. The molecular weight excluding hydrogens is 426 g/mol. The number of hydrogen-bond acceptors (Lipinski definition) is 4. The summed E-state index contributed by atoms with van der Waals surface area (Å²) in [5.74, 6) is 0.696. The van der Waals surface area contributed by atoms with Crippen LogP contribution in [0.3, 0.4) is 0 Å². The lowest BCUT2D eigenvalue weighted by Gasteiger charge is -2.26. The Bertz CT molecular complexity index is 1040. The first kappa shape index (κ1) is 24.3. The summed E-state index contributed by atoms with van der Waals surface area (Å²) in [6.45, 7) is 7.57. The minimum atomic E-state index is -0.115. The van der Waals surface area contributed by atoms with Crippen LogP contribution in [0.1, 0.15) is 54.9 Å². The fraction of sp³-hybridized carbons (Fsp3) is 0.464. The van der Waals surface area contributed by atoms with E-state index >= 15 is 0 Å². The van der Waals surface area contributed by atoms with Crippen molar-refractivity contribution >= 4 is 22.5 Å². The van der Waals surface area contributed by atoms with Gasteiger partial charge in [-0.15, -0.1) is 0 Å². The van der Waals surface area contributed by atoms with E-state index < -0.39 is 0 Å². The predicted octanol–water partition coefficient (Wildman–Crippen LogP) is 5.64. The van der Waals surface area contributed by atoms with Crippen molar-refractivity contribution in [2.45, 2.75) is 45.4 Å². The molecule has 2 heterocycles. The van der Waals surface area contributed by atoms with Gasteiger partial charge in [0.1, 0.15) is 5.75 Å². The van der Waals surface area contributed by atoms with E-state index in [1.54, 1.807) is 0 Å². The number of morpholine rings is 1. The number of ether oxygens (including phenoxy) is 2. The summed E-state index contributed by atoms with van der Waals surface area (Å²) in [5, 5.41) is 4.20. The smallest absolute Gasteiger partial charge is 0.255 e. The topological polar surface area (TPSA) is 66.6 Å². The monoisotopic (exact) mass is 463 g/mol. The average Bonchev–Trinajstić information content (AvgIpc) is 3.28. The Morgan fingerprint density at radius 2 is 1.85 bits per heavy atom. The lowest BCUT2D eigenvalue weighted by Crippen LogP contribution is -2.37. The molecule has 0 unspecified atom stereocenters. The summed E-state index contributed by atoms with van der Waals surface area (Å²) in [4.78, 5) is 18.6. The lowest BCUT2D eigenvalue weighted by atomic mass is 10.1.